The highest BCUT2D eigenvalue weighted by atomic mass is 16.4. The lowest BCUT2D eigenvalue weighted by Crippen LogP contribution is -2.12. The molecule has 0 bridgehead atoms. The number of aromatic nitrogens is 1. The molecule has 5 nitrogen and oxygen atoms in total. The van der Waals surface area contributed by atoms with Gasteiger partial charge in [-0.2, -0.15) is 0 Å². The molecule has 0 aliphatic heterocycles. The quantitative estimate of drug-likeness (QED) is 0.223. The Hall–Kier alpha value is -3.60. The van der Waals surface area contributed by atoms with Crippen molar-refractivity contribution in [2.24, 2.45) is 10.9 Å². The smallest absolute Gasteiger partial charge is 0.170 e. The van der Waals surface area contributed by atoms with E-state index < -0.39 is 0 Å². The number of hydrogen-bond donors (Lipinski definition) is 3. The van der Waals surface area contributed by atoms with Crippen LogP contribution in [0.3, 0.4) is 0 Å². The monoisotopic (exact) mass is 331 g/mol. The lowest BCUT2D eigenvalue weighted by Gasteiger charge is -2.05. The van der Waals surface area contributed by atoms with E-state index in [1.807, 2.05) is 60.7 Å². The zero-order valence-electron chi connectivity index (χ0n) is 13.4. The van der Waals surface area contributed by atoms with Gasteiger partial charge in [0.2, 0.25) is 0 Å². The lowest BCUT2D eigenvalue weighted by molar-refractivity contribution is 0.318. The molecule has 1 heterocycles. The summed E-state index contributed by atoms with van der Waals surface area (Å²) in [5, 5.41) is 21.9. The summed E-state index contributed by atoms with van der Waals surface area (Å²) in [5.41, 5.74) is 9.48. The van der Waals surface area contributed by atoms with Crippen molar-refractivity contribution < 1.29 is 10.3 Å². The van der Waals surface area contributed by atoms with Gasteiger partial charge in [0, 0.05) is 17.3 Å². The SMILES string of the molecule is N/C(=N\O)c1cccc(/C=C/c2ccc(O)c(-c3ccccn3)c2)c1. The summed E-state index contributed by atoms with van der Waals surface area (Å²) in [4.78, 5) is 4.27. The number of phenolic OH excluding ortho intramolecular Hbond substituents is 1. The van der Waals surface area contributed by atoms with Gasteiger partial charge in [-0.05, 0) is 41.5 Å². The number of amidine groups is 1. The number of nitrogens with zero attached hydrogens (tertiary/aromatic N) is 2. The Kier molecular flexibility index (Phi) is 4.76. The zero-order valence-corrected chi connectivity index (χ0v) is 13.4. The highest BCUT2D eigenvalue weighted by Gasteiger charge is 2.05. The summed E-state index contributed by atoms with van der Waals surface area (Å²) < 4.78 is 0. The van der Waals surface area contributed by atoms with Crippen molar-refractivity contribution >= 4 is 18.0 Å². The van der Waals surface area contributed by atoms with E-state index in [9.17, 15) is 5.11 Å². The summed E-state index contributed by atoms with van der Waals surface area (Å²) in [6.45, 7) is 0. The Bertz CT molecular complexity index is 935. The van der Waals surface area contributed by atoms with Crippen LogP contribution < -0.4 is 5.73 Å². The molecule has 0 amide bonds. The maximum atomic E-state index is 10.1. The minimum Gasteiger partial charge on any atom is -0.507 e. The van der Waals surface area contributed by atoms with E-state index in [0.717, 1.165) is 11.1 Å². The first-order valence-corrected chi connectivity index (χ1v) is 7.68. The lowest BCUT2D eigenvalue weighted by atomic mass is 10.0. The van der Waals surface area contributed by atoms with Crippen molar-refractivity contribution in [1.82, 2.24) is 4.98 Å². The van der Waals surface area contributed by atoms with E-state index in [4.69, 9.17) is 10.9 Å². The molecule has 0 radical (unpaired) electrons. The van der Waals surface area contributed by atoms with E-state index in [-0.39, 0.29) is 11.6 Å². The molecular weight excluding hydrogens is 314 g/mol. The number of aromatic hydroxyl groups is 1. The van der Waals surface area contributed by atoms with Crippen molar-refractivity contribution in [3.05, 3.63) is 83.6 Å². The van der Waals surface area contributed by atoms with Crippen LogP contribution in [-0.4, -0.2) is 21.1 Å². The Labute approximate surface area is 145 Å². The van der Waals surface area contributed by atoms with Crippen LogP contribution in [0.2, 0.25) is 0 Å². The molecule has 0 spiro atoms. The maximum Gasteiger partial charge on any atom is 0.170 e. The molecule has 25 heavy (non-hydrogen) atoms. The second kappa shape index (κ2) is 7.31. The fourth-order valence-electron chi connectivity index (χ4n) is 2.44. The number of hydrogen-bond acceptors (Lipinski definition) is 4. The van der Waals surface area contributed by atoms with Gasteiger partial charge in [-0.15, -0.1) is 0 Å². The van der Waals surface area contributed by atoms with Crippen LogP contribution in [0.4, 0.5) is 0 Å². The Balaban J connectivity index is 1.90. The largest absolute Gasteiger partial charge is 0.507 e. The zero-order chi connectivity index (χ0) is 17.6. The molecule has 0 atom stereocenters. The van der Waals surface area contributed by atoms with Crippen LogP contribution in [0.1, 0.15) is 16.7 Å². The number of nitrogens with two attached hydrogens (primary N) is 1. The molecule has 3 rings (SSSR count). The van der Waals surface area contributed by atoms with E-state index in [1.54, 1.807) is 18.3 Å². The highest BCUT2D eigenvalue weighted by molar-refractivity contribution is 5.97. The van der Waals surface area contributed by atoms with Crippen LogP contribution in [-0.2, 0) is 0 Å². The van der Waals surface area contributed by atoms with E-state index in [2.05, 4.69) is 10.1 Å². The molecule has 4 N–H and O–H groups in total. The molecule has 3 aromatic rings. The Morgan fingerprint density at radius 3 is 2.48 bits per heavy atom. The van der Waals surface area contributed by atoms with Gasteiger partial charge >= 0.3 is 0 Å². The average Bonchev–Trinajstić information content (AvgIpc) is 2.67. The summed E-state index contributed by atoms with van der Waals surface area (Å²) in [6.07, 6.45) is 5.54. The normalized spacial score (nSPS) is 11.8. The minimum atomic E-state index is 0.0670. The molecule has 0 fully saturated rings. The second-order valence-corrected chi connectivity index (χ2v) is 5.44. The molecule has 5 heteroatoms. The molecule has 0 saturated heterocycles. The topological polar surface area (TPSA) is 91.7 Å². The van der Waals surface area contributed by atoms with Gasteiger partial charge in [0.1, 0.15) is 5.75 Å². The van der Waals surface area contributed by atoms with E-state index in [0.29, 0.717) is 16.8 Å². The Morgan fingerprint density at radius 1 is 0.960 bits per heavy atom. The fraction of sp³-hybridized carbons (Fsp3) is 0. The molecule has 0 aliphatic rings. The number of oxime groups is 1. The van der Waals surface area contributed by atoms with Gasteiger partial charge in [-0.1, -0.05) is 47.6 Å². The standard InChI is InChI=1S/C20H17N3O2/c21-20(23-25)16-5-3-4-14(12-16)7-8-15-9-10-19(24)17(13-15)18-6-1-2-11-22-18/h1-13,24-25H,(H2,21,23)/b8-7+. The van der Waals surface area contributed by atoms with Crippen LogP contribution in [0.25, 0.3) is 23.4 Å². The van der Waals surface area contributed by atoms with Crippen molar-refractivity contribution in [1.29, 1.82) is 0 Å². The summed E-state index contributed by atoms with van der Waals surface area (Å²) in [7, 11) is 0. The molecule has 0 saturated carbocycles. The number of phenols is 1. The first-order chi connectivity index (χ1) is 12.2. The van der Waals surface area contributed by atoms with Gasteiger partial charge in [-0.3, -0.25) is 4.98 Å². The van der Waals surface area contributed by atoms with Crippen molar-refractivity contribution in [3.63, 3.8) is 0 Å². The fourth-order valence-corrected chi connectivity index (χ4v) is 2.44. The average molecular weight is 331 g/mol. The third-order valence-corrected chi connectivity index (χ3v) is 3.72. The molecule has 0 unspecified atom stereocenters. The Morgan fingerprint density at radius 2 is 1.76 bits per heavy atom. The van der Waals surface area contributed by atoms with Crippen LogP contribution >= 0.6 is 0 Å². The molecule has 2 aromatic carbocycles. The van der Waals surface area contributed by atoms with Crippen LogP contribution in [0, 0.1) is 0 Å². The third kappa shape index (κ3) is 3.84. The minimum absolute atomic E-state index is 0.0670. The number of rotatable bonds is 4. The van der Waals surface area contributed by atoms with Gasteiger partial charge in [0.15, 0.2) is 5.84 Å². The molecule has 0 aliphatic carbocycles. The van der Waals surface area contributed by atoms with Crippen LogP contribution in [0.5, 0.6) is 5.75 Å². The molecule has 1 aromatic heterocycles. The number of benzene rings is 2. The van der Waals surface area contributed by atoms with Crippen LogP contribution in [0.15, 0.2) is 72.0 Å². The van der Waals surface area contributed by atoms with E-state index in [1.165, 1.54) is 0 Å². The van der Waals surface area contributed by atoms with Crippen molar-refractivity contribution in [3.8, 4) is 17.0 Å². The predicted octanol–water partition coefficient (Wildman–Crippen LogP) is 3.72. The highest BCUT2D eigenvalue weighted by Crippen LogP contribution is 2.29. The third-order valence-electron chi connectivity index (χ3n) is 3.72. The second-order valence-electron chi connectivity index (χ2n) is 5.44. The van der Waals surface area contributed by atoms with E-state index >= 15 is 0 Å². The van der Waals surface area contributed by atoms with Crippen molar-refractivity contribution in [2.45, 2.75) is 0 Å². The van der Waals surface area contributed by atoms with Gasteiger partial charge < -0.3 is 16.0 Å². The number of pyridine rings is 1. The summed E-state index contributed by atoms with van der Waals surface area (Å²) in [5.74, 6) is 0.252. The van der Waals surface area contributed by atoms with Gasteiger partial charge in [0.05, 0.1) is 5.69 Å². The predicted molar refractivity (Wildman–Crippen MR) is 99.2 cm³/mol. The van der Waals surface area contributed by atoms with Crippen molar-refractivity contribution in [2.75, 3.05) is 0 Å². The first kappa shape index (κ1) is 16.3. The van der Waals surface area contributed by atoms with Gasteiger partial charge in [0.25, 0.3) is 0 Å². The van der Waals surface area contributed by atoms with Gasteiger partial charge in [-0.25, -0.2) is 0 Å². The maximum absolute atomic E-state index is 10.1. The first-order valence-electron chi connectivity index (χ1n) is 7.68. The summed E-state index contributed by atoms with van der Waals surface area (Å²) in [6, 6.07) is 18.3. The molecular formula is C20H17N3O2. The molecule has 124 valence electrons. The summed E-state index contributed by atoms with van der Waals surface area (Å²) >= 11 is 0.